The first-order valence-electron chi connectivity index (χ1n) is 5.55. The molecule has 1 unspecified atom stereocenters. The third kappa shape index (κ3) is 4.60. The molecular weight excluding hydrogens is 259 g/mol. The Hall–Kier alpha value is -1.17. The van der Waals surface area contributed by atoms with E-state index in [-0.39, 0.29) is 10.9 Å². The molecule has 4 nitrogen and oxygen atoms in total. The lowest BCUT2D eigenvalue weighted by Gasteiger charge is -2.12. The Morgan fingerprint density at radius 2 is 2.33 bits per heavy atom. The van der Waals surface area contributed by atoms with Crippen LogP contribution in [-0.4, -0.2) is 25.7 Å². The van der Waals surface area contributed by atoms with Gasteiger partial charge in [-0.2, -0.15) is 0 Å². The molecule has 18 heavy (non-hydrogen) atoms. The van der Waals surface area contributed by atoms with Crippen molar-refractivity contribution in [1.82, 2.24) is 0 Å². The molecule has 0 heterocycles. The van der Waals surface area contributed by atoms with E-state index in [4.69, 9.17) is 22.1 Å². The first kappa shape index (κ1) is 14.9. The Bertz CT molecular complexity index is 415. The summed E-state index contributed by atoms with van der Waals surface area (Å²) in [6, 6.07) is 3.34. The van der Waals surface area contributed by atoms with Gasteiger partial charge in [-0.15, -0.1) is 0 Å². The van der Waals surface area contributed by atoms with E-state index in [0.717, 1.165) is 0 Å². The van der Waals surface area contributed by atoms with Crippen LogP contribution in [0.5, 0.6) is 0 Å². The van der Waals surface area contributed by atoms with E-state index in [1.807, 2.05) is 0 Å². The number of hydrogen-bond donors (Lipinski definition) is 2. The molecule has 0 aliphatic carbocycles. The summed E-state index contributed by atoms with van der Waals surface area (Å²) in [6.45, 7) is 0.559. The molecule has 0 saturated heterocycles. The predicted octanol–water partition coefficient (Wildman–Crippen LogP) is 2.17. The zero-order valence-corrected chi connectivity index (χ0v) is 10.8. The van der Waals surface area contributed by atoms with Crippen LogP contribution in [0.3, 0.4) is 0 Å². The minimum Gasteiger partial charge on any atom is -0.385 e. The van der Waals surface area contributed by atoms with Gasteiger partial charge in [0.05, 0.1) is 11.1 Å². The van der Waals surface area contributed by atoms with Crippen LogP contribution in [0.1, 0.15) is 12.8 Å². The van der Waals surface area contributed by atoms with Crippen LogP contribution in [0.25, 0.3) is 0 Å². The maximum absolute atomic E-state index is 12.9. The highest BCUT2D eigenvalue weighted by Gasteiger charge is 2.13. The number of methoxy groups -OCH3 is 1. The lowest BCUT2D eigenvalue weighted by Crippen LogP contribution is -2.35. The van der Waals surface area contributed by atoms with Crippen LogP contribution in [0.4, 0.5) is 10.1 Å². The van der Waals surface area contributed by atoms with Gasteiger partial charge in [0, 0.05) is 19.4 Å². The standard InChI is InChI=1S/C12H16ClFN2O2/c1-18-6-2-3-11(15)12(17)16-8-4-5-10(14)9(13)7-8/h4-5,7,11H,2-3,6,15H2,1H3,(H,16,17). The van der Waals surface area contributed by atoms with E-state index in [0.29, 0.717) is 25.1 Å². The van der Waals surface area contributed by atoms with E-state index in [9.17, 15) is 9.18 Å². The maximum Gasteiger partial charge on any atom is 0.241 e. The van der Waals surface area contributed by atoms with Gasteiger partial charge in [-0.05, 0) is 31.0 Å². The molecule has 3 N–H and O–H groups in total. The molecule has 0 aliphatic heterocycles. The number of ether oxygens (including phenoxy) is 1. The second-order valence-electron chi connectivity index (χ2n) is 3.86. The highest BCUT2D eigenvalue weighted by atomic mass is 35.5. The summed E-state index contributed by atoms with van der Waals surface area (Å²) in [5, 5.41) is 2.54. The molecule has 1 amide bonds. The molecule has 0 saturated carbocycles. The SMILES string of the molecule is COCCCC(N)C(=O)Nc1ccc(F)c(Cl)c1. The zero-order chi connectivity index (χ0) is 13.5. The zero-order valence-electron chi connectivity index (χ0n) is 10.1. The third-order valence-corrected chi connectivity index (χ3v) is 2.68. The summed E-state index contributed by atoms with van der Waals surface area (Å²) in [5.41, 5.74) is 6.12. The van der Waals surface area contributed by atoms with Crippen LogP contribution in [0.15, 0.2) is 18.2 Å². The molecule has 0 spiro atoms. The summed E-state index contributed by atoms with van der Waals surface area (Å²) in [7, 11) is 1.59. The smallest absolute Gasteiger partial charge is 0.241 e. The number of hydrogen-bond acceptors (Lipinski definition) is 3. The molecule has 1 aromatic carbocycles. The molecule has 0 bridgehead atoms. The van der Waals surface area contributed by atoms with E-state index >= 15 is 0 Å². The van der Waals surface area contributed by atoms with Crippen molar-refractivity contribution < 1.29 is 13.9 Å². The first-order chi connectivity index (χ1) is 8.54. The fourth-order valence-electron chi connectivity index (χ4n) is 1.39. The lowest BCUT2D eigenvalue weighted by atomic mass is 10.1. The molecule has 100 valence electrons. The van der Waals surface area contributed by atoms with E-state index in [2.05, 4.69) is 5.32 Å². The molecule has 1 rings (SSSR count). The van der Waals surface area contributed by atoms with Crippen molar-refractivity contribution in [2.24, 2.45) is 5.73 Å². The number of carbonyl (C=O) groups excluding carboxylic acids is 1. The first-order valence-corrected chi connectivity index (χ1v) is 5.93. The van der Waals surface area contributed by atoms with Gasteiger partial charge in [0.2, 0.25) is 5.91 Å². The number of halogens is 2. The predicted molar refractivity (Wildman–Crippen MR) is 69.1 cm³/mol. The second-order valence-corrected chi connectivity index (χ2v) is 4.27. The van der Waals surface area contributed by atoms with Crippen LogP contribution >= 0.6 is 11.6 Å². The number of nitrogens with two attached hydrogens (primary N) is 1. The number of nitrogens with one attached hydrogen (secondary N) is 1. The maximum atomic E-state index is 12.9. The summed E-state index contributed by atoms with van der Waals surface area (Å²) in [4.78, 5) is 11.7. The third-order valence-electron chi connectivity index (χ3n) is 2.39. The minimum absolute atomic E-state index is 0.0410. The quantitative estimate of drug-likeness (QED) is 0.782. The average Bonchev–Trinajstić information content (AvgIpc) is 2.34. The molecule has 1 atom stereocenters. The molecule has 0 aliphatic rings. The van der Waals surface area contributed by atoms with Gasteiger partial charge in [0.15, 0.2) is 0 Å². The van der Waals surface area contributed by atoms with Gasteiger partial charge in [-0.1, -0.05) is 11.6 Å². The minimum atomic E-state index is -0.621. The summed E-state index contributed by atoms with van der Waals surface area (Å²) in [5.74, 6) is -0.854. The molecule has 0 fully saturated rings. The van der Waals surface area contributed by atoms with Crippen molar-refractivity contribution in [1.29, 1.82) is 0 Å². The molecule has 0 aromatic heterocycles. The highest BCUT2D eigenvalue weighted by molar-refractivity contribution is 6.31. The van der Waals surface area contributed by atoms with E-state index < -0.39 is 11.9 Å². The Kier molecular flexibility index (Phi) is 6.04. The number of anilines is 1. The monoisotopic (exact) mass is 274 g/mol. The number of amides is 1. The Morgan fingerprint density at radius 3 is 2.94 bits per heavy atom. The normalized spacial score (nSPS) is 12.2. The van der Waals surface area contributed by atoms with Crippen molar-refractivity contribution in [3.63, 3.8) is 0 Å². The van der Waals surface area contributed by atoms with Gasteiger partial charge >= 0.3 is 0 Å². The fourth-order valence-corrected chi connectivity index (χ4v) is 1.57. The Labute approximate surface area is 110 Å². The average molecular weight is 275 g/mol. The topological polar surface area (TPSA) is 64.3 Å². The molecule has 6 heteroatoms. The van der Waals surface area contributed by atoms with Crippen LogP contribution in [-0.2, 0) is 9.53 Å². The van der Waals surface area contributed by atoms with E-state index in [1.165, 1.54) is 18.2 Å². The summed E-state index contributed by atoms with van der Waals surface area (Å²) < 4.78 is 17.8. The van der Waals surface area contributed by atoms with Crippen molar-refractivity contribution in [3.05, 3.63) is 29.0 Å². The summed E-state index contributed by atoms with van der Waals surface area (Å²) >= 11 is 5.61. The molecular formula is C12H16ClFN2O2. The van der Waals surface area contributed by atoms with Crippen LogP contribution < -0.4 is 11.1 Å². The van der Waals surface area contributed by atoms with Gasteiger partial charge in [-0.25, -0.2) is 4.39 Å². The molecule has 1 aromatic rings. The summed E-state index contributed by atoms with van der Waals surface area (Å²) in [6.07, 6.45) is 1.23. The number of rotatable bonds is 6. The van der Waals surface area contributed by atoms with Gasteiger partial charge in [0.1, 0.15) is 5.82 Å². The van der Waals surface area contributed by atoms with Crippen molar-refractivity contribution in [3.8, 4) is 0 Å². The largest absolute Gasteiger partial charge is 0.385 e. The number of benzene rings is 1. The van der Waals surface area contributed by atoms with Crippen molar-refractivity contribution in [2.75, 3.05) is 19.0 Å². The lowest BCUT2D eigenvalue weighted by molar-refractivity contribution is -0.117. The van der Waals surface area contributed by atoms with Gasteiger partial charge in [-0.3, -0.25) is 4.79 Å². The van der Waals surface area contributed by atoms with Gasteiger partial charge < -0.3 is 15.8 Å². The highest BCUT2D eigenvalue weighted by Crippen LogP contribution is 2.19. The van der Waals surface area contributed by atoms with Gasteiger partial charge in [0.25, 0.3) is 0 Å². The molecule has 0 radical (unpaired) electrons. The second kappa shape index (κ2) is 7.31. The number of carbonyl (C=O) groups is 1. The van der Waals surface area contributed by atoms with Crippen LogP contribution in [0, 0.1) is 5.82 Å². The fraction of sp³-hybridized carbons (Fsp3) is 0.417. The van der Waals surface area contributed by atoms with Crippen molar-refractivity contribution in [2.45, 2.75) is 18.9 Å². The van der Waals surface area contributed by atoms with Crippen LogP contribution in [0.2, 0.25) is 5.02 Å². The van der Waals surface area contributed by atoms with E-state index in [1.54, 1.807) is 7.11 Å². The van der Waals surface area contributed by atoms with Crippen molar-refractivity contribution >= 4 is 23.2 Å². The Balaban J connectivity index is 2.50. The Morgan fingerprint density at radius 1 is 1.61 bits per heavy atom.